The average Bonchev–Trinajstić information content (AvgIpc) is 2.62. The molecule has 1 saturated carbocycles. The van der Waals surface area contributed by atoms with Crippen LogP contribution in [0, 0.1) is 11.3 Å². The van der Waals surface area contributed by atoms with Crippen molar-refractivity contribution in [2.75, 3.05) is 0 Å². The third-order valence-corrected chi connectivity index (χ3v) is 4.20. The number of nitrogens with zero attached hydrogens (tertiary/aromatic N) is 3. The maximum Gasteiger partial charge on any atom is 0.408 e. The minimum atomic E-state index is -0.693. The van der Waals surface area contributed by atoms with Crippen molar-refractivity contribution in [2.24, 2.45) is 0 Å². The van der Waals surface area contributed by atoms with Gasteiger partial charge in [0.1, 0.15) is 23.8 Å². The quantitative estimate of drug-likeness (QED) is 0.789. The van der Waals surface area contributed by atoms with Gasteiger partial charge >= 0.3 is 6.09 Å². The van der Waals surface area contributed by atoms with Crippen LogP contribution in [0.5, 0.6) is 5.88 Å². The first kappa shape index (κ1) is 21.4. The Labute approximate surface area is 164 Å². The number of carbonyl (C=O) groups excluding carboxylic acids is 2. The number of alkyl carbamates (subject to hydrolysis) is 1. The summed E-state index contributed by atoms with van der Waals surface area (Å²) in [6, 6.07) is 1.28. The van der Waals surface area contributed by atoms with Gasteiger partial charge in [0, 0.05) is 18.4 Å². The zero-order valence-corrected chi connectivity index (χ0v) is 16.7. The molecule has 1 heterocycles. The molecule has 0 saturated heterocycles. The van der Waals surface area contributed by atoms with E-state index >= 15 is 0 Å². The summed E-state index contributed by atoms with van der Waals surface area (Å²) < 4.78 is 11.0. The first-order valence-electron chi connectivity index (χ1n) is 9.35. The molecule has 1 aliphatic rings. The Bertz CT molecular complexity index is 733. The van der Waals surface area contributed by atoms with Gasteiger partial charge in [0.15, 0.2) is 0 Å². The molecule has 152 valence electrons. The highest BCUT2D eigenvalue weighted by atomic mass is 16.6. The van der Waals surface area contributed by atoms with Crippen LogP contribution in [0.3, 0.4) is 0 Å². The molecule has 1 aliphatic carbocycles. The lowest BCUT2D eigenvalue weighted by Crippen LogP contribution is -2.50. The summed E-state index contributed by atoms with van der Waals surface area (Å²) >= 11 is 0. The molecular weight excluding hydrogens is 362 g/mol. The van der Waals surface area contributed by atoms with Crippen molar-refractivity contribution in [3.63, 3.8) is 0 Å². The zero-order valence-electron chi connectivity index (χ0n) is 16.7. The molecule has 0 aliphatic heterocycles. The van der Waals surface area contributed by atoms with Gasteiger partial charge in [-0.3, -0.25) is 4.79 Å². The molecular formula is C19H27N5O4. The summed E-state index contributed by atoms with van der Waals surface area (Å²) in [4.78, 5) is 32.1. The van der Waals surface area contributed by atoms with Crippen molar-refractivity contribution in [1.82, 2.24) is 20.6 Å². The van der Waals surface area contributed by atoms with Crippen LogP contribution in [0.1, 0.15) is 59.1 Å². The minimum Gasteiger partial charge on any atom is -0.472 e. The number of hydrogen-bond donors (Lipinski definition) is 2. The summed E-state index contributed by atoms with van der Waals surface area (Å²) in [5, 5.41) is 14.5. The van der Waals surface area contributed by atoms with Gasteiger partial charge in [0.25, 0.3) is 5.88 Å². The summed E-state index contributed by atoms with van der Waals surface area (Å²) in [7, 11) is 0. The second-order valence-corrected chi connectivity index (χ2v) is 7.79. The van der Waals surface area contributed by atoms with Crippen molar-refractivity contribution in [3.8, 4) is 11.9 Å². The molecule has 0 bridgehead atoms. The second kappa shape index (κ2) is 9.35. The highest BCUT2D eigenvalue weighted by Gasteiger charge is 2.27. The fraction of sp³-hybridized carbons (Fsp3) is 0.632. The molecule has 0 spiro atoms. The van der Waals surface area contributed by atoms with E-state index in [0.717, 1.165) is 25.7 Å². The van der Waals surface area contributed by atoms with Gasteiger partial charge in [-0.05, 0) is 53.4 Å². The first-order valence-corrected chi connectivity index (χ1v) is 9.35. The SMILES string of the molecule is CC(NC(=O)OC(C)(C)C)C(=O)NC1CCC(Oc2nccnc2C#N)CC1. The summed E-state index contributed by atoms with van der Waals surface area (Å²) in [5.41, 5.74) is -0.451. The van der Waals surface area contributed by atoms with E-state index in [1.165, 1.54) is 12.4 Å². The van der Waals surface area contributed by atoms with Gasteiger partial charge in [-0.25, -0.2) is 14.8 Å². The van der Waals surface area contributed by atoms with Gasteiger partial charge in [-0.15, -0.1) is 0 Å². The Morgan fingerprint density at radius 3 is 2.46 bits per heavy atom. The van der Waals surface area contributed by atoms with Crippen molar-refractivity contribution >= 4 is 12.0 Å². The molecule has 9 nitrogen and oxygen atoms in total. The standard InChI is InChI=1S/C19H27N5O4/c1-12(23-18(26)28-19(2,3)4)16(25)24-13-5-7-14(8-6-13)27-17-15(11-20)21-9-10-22-17/h9-10,12-14H,5-8H2,1-4H3,(H,23,26)(H,24,25). The van der Waals surface area contributed by atoms with Crippen LogP contribution in [0.25, 0.3) is 0 Å². The second-order valence-electron chi connectivity index (χ2n) is 7.79. The monoisotopic (exact) mass is 389 g/mol. The molecule has 9 heteroatoms. The summed E-state index contributed by atoms with van der Waals surface area (Å²) in [6.07, 6.45) is 5.15. The fourth-order valence-electron chi connectivity index (χ4n) is 2.85. The molecule has 0 radical (unpaired) electrons. The van der Waals surface area contributed by atoms with E-state index in [1.54, 1.807) is 27.7 Å². The van der Waals surface area contributed by atoms with Crippen molar-refractivity contribution in [2.45, 2.75) is 77.2 Å². The van der Waals surface area contributed by atoms with Crippen LogP contribution in [-0.2, 0) is 9.53 Å². The lowest BCUT2D eigenvalue weighted by Gasteiger charge is -2.30. The molecule has 2 N–H and O–H groups in total. The summed E-state index contributed by atoms with van der Waals surface area (Å²) in [6.45, 7) is 6.90. The highest BCUT2D eigenvalue weighted by molar-refractivity contribution is 5.85. The number of hydrogen-bond acceptors (Lipinski definition) is 7. The number of nitrogens with one attached hydrogen (secondary N) is 2. The van der Waals surface area contributed by atoms with Gasteiger partial charge in [-0.2, -0.15) is 5.26 Å². The Morgan fingerprint density at radius 2 is 1.86 bits per heavy atom. The van der Waals surface area contributed by atoms with E-state index in [2.05, 4.69) is 20.6 Å². The van der Waals surface area contributed by atoms with Gasteiger partial charge in [0.05, 0.1) is 0 Å². The number of ether oxygens (including phenoxy) is 2. The number of rotatable bonds is 5. The molecule has 1 aromatic heterocycles. The van der Waals surface area contributed by atoms with E-state index in [4.69, 9.17) is 14.7 Å². The number of aromatic nitrogens is 2. The van der Waals surface area contributed by atoms with Crippen LogP contribution in [-0.4, -0.2) is 45.8 Å². The van der Waals surface area contributed by atoms with Crippen LogP contribution in [0.4, 0.5) is 4.79 Å². The first-order chi connectivity index (χ1) is 13.2. The van der Waals surface area contributed by atoms with E-state index in [-0.39, 0.29) is 29.6 Å². The topological polar surface area (TPSA) is 126 Å². The van der Waals surface area contributed by atoms with Crippen LogP contribution in [0.2, 0.25) is 0 Å². The molecule has 2 rings (SSSR count). The summed E-state index contributed by atoms with van der Waals surface area (Å²) in [5.74, 6) is -0.0106. The Kier molecular flexibility index (Phi) is 7.15. The van der Waals surface area contributed by atoms with E-state index in [9.17, 15) is 9.59 Å². The van der Waals surface area contributed by atoms with Crippen LogP contribution >= 0.6 is 0 Å². The predicted octanol–water partition coefficient (Wildman–Crippen LogP) is 2.07. The fourth-order valence-corrected chi connectivity index (χ4v) is 2.85. The molecule has 1 fully saturated rings. The molecule has 1 aromatic rings. The molecule has 2 amide bonds. The smallest absolute Gasteiger partial charge is 0.408 e. The highest BCUT2D eigenvalue weighted by Crippen LogP contribution is 2.24. The molecule has 0 aromatic carbocycles. The van der Waals surface area contributed by atoms with E-state index in [0.29, 0.717) is 0 Å². The largest absolute Gasteiger partial charge is 0.472 e. The van der Waals surface area contributed by atoms with Gasteiger partial charge in [0.2, 0.25) is 11.6 Å². The van der Waals surface area contributed by atoms with Crippen molar-refractivity contribution < 1.29 is 19.1 Å². The molecule has 1 atom stereocenters. The third kappa shape index (κ3) is 6.68. The lowest BCUT2D eigenvalue weighted by atomic mass is 9.92. The lowest BCUT2D eigenvalue weighted by molar-refractivity contribution is -0.123. The Morgan fingerprint density at radius 1 is 1.21 bits per heavy atom. The zero-order chi connectivity index (χ0) is 20.7. The van der Waals surface area contributed by atoms with Crippen molar-refractivity contribution in [3.05, 3.63) is 18.1 Å². The molecule has 1 unspecified atom stereocenters. The third-order valence-electron chi connectivity index (χ3n) is 4.20. The average molecular weight is 389 g/mol. The Balaban J connectivity index is 1.76. The van der Waals surface area contributed by atoms with Gasteiger partial charge in [-0.1, -0.05) is 0 Å². The number of nitriles is 1. The number of amides is 2. The minimum absolute atomic E-state index is 0.00697. The maximum absolute atomic E-state index is 12.3. The Hall–Kier alpha value is -2.89. The normalized spacial score (nSPS) is 20.4. The maximum atomic E-state index is 12.3. The predicted molar refractivity (Wildman–Crippen MR) is 100 cm³/mol. The van der Waals surface area contributed by atoms with Crippen LogP contribution < -0.4 is 15.4 Å². The van der Waals surface area contributed by atoms with Crippen LogP contribution in [0.15, 0.2) is 12.4 Å². The van der Waals surface area contributed by atoms with E-state index < -0.39 is 17.7 Å². The van der Waals surface area contributed by atoms with Crippen molar-refractivity contribution in [1.29, 1.82) is 5.26 Å². The number of carbonyl (C=O) groups is 2. The van der Waals surface area contributed by atoms with E-state index in [1.807, 2.05) is 6.07 Å². The van der Waals surface area contributed by atoms with Gasteiger partial charge < -0.3 is 20.1 Å². The molecule has 28 heavy (non-hydrogen) atoms.